The summed E-state index contributed by atoms with van der Waals surface area (Å²) in [7, 11) is 0. The van der Waals surface area contributed by atoms with E-state index in [1.54, 1.807) is 0 Å². The third kappa shape index (κ3) is 10.8. The minimum absolute atomic E-state index is 0. The average Bonchev–Trinajstić information content (AvgIpc) is 2.83. The van der Waals surface area contributed by atoms with Crippen LogP contribution in [0.3, 0.4) is 0 Å². The molecule has 33 heavy (non-hydrogen) atoms. The van der Waals surface area contributed by atoms with Gasteiger partial charge in [0.15, 0.2) is 5.96 Å². The molecule has 0 amide bonds. The van der Waals surface area contributed by atoms with Crippen molar-refractivity contribution in [3.05, 3.63) is 29.8 Å². The number of hydrogen-bond acceptors (Lipinski definition) is 5. The van der Waals surface area contributed by atoms with Crippen LogP contribution in [0.2, 0.25) is 0 Å². The fraction of sp³-hybridized carbons (Fsp3) is 0.720. The topological polar surface area (TPSA) is 61.4 Å². The van der Waals surface area contributed by atoms with Crippen molar-refractivity contribution in [2.45, 2.75) is 39.7 Å². The van der Waals surface area contributed by atoms with E-state index in [4.69, 9.17) is 14.5 Å². The summed E-state index contributed by atoms with van der Waals surface area (Å²) in [5, 5.41) is 6.87. The molecule has 8 heteroatoms. The first-order chi connectivity index (χ1) is 15.7. The number of nitrogens with one attached hydrogen (secondary N) is 2. The van der Waals surface area contributed by atoms with Crippen molar-refractivity contribution in [2.24, 2.45) is 10.9 Å². The van der Waals surface area contributed by atoms with Crippen LogP contribution >= 0.6 is 24.0 Å². The van der Waals surface area contributed by atoms with Gasteiger partial charge in [0.05, 0.1) is 19.8 Å². The zero-order chi connectivity index (χ0) is 22.4. The van der Waals surface area contributed by atoms with E-state index in [9.17, 15) is 0 Å². The predicted octanol–water partition coefficient (Wildman–Crippen LogP) is 3.19. The molecule has 2 fully saturated rings. The summed E-state index contributed by atoms with van der Waals surface area (Å²) in [5.74, 6) is 2.70. The molecular weight excluding hydrogens is 529 g/mol. The van der Waals surface area contributed by atoms with Crippen molar-refractivity contribution >= 4 is 29.9 Å². The Morgan fingerprint density at radius 1 is 1.06 bits per heavy atom. The first kappa shape index (κ1) is 28.1. The third-order valence-corrected chi connectivity index (χ3v) is 6.31. The van der Waals surface area contributed by atoms with Gasteiger partial charge in [0.2, 0.25) is 0 Å². The number of benzene rings is 1. The Bertz CT molecular complexity index is 677. The fourth-order valence-corrected chi connectivity index (χ4v) is 4.19. The van der Waals surface area contributed by atoms with Gasteiger partial charge in [0.25, 0.3) is 0 Å². The molecule has 3 rings (SSSR count). The lowest BCUT2D eigenvalue weighted by molar-refractivity contribution is 0.0322. The highest BCUT2D eigenvalue weighted by Gasteiger charge is 2.15. The molecule has 2 aliphatic heterocycles. The number of nitrogens with zero attached hydrogens (tertiary/aromatic N) is 3. The Morgan fingerprint density at radius 2 is 1.79 bits per heavy atom. The lowest BCUT2D eigenvalue weighted by Gasteiger charge is -2.30. The van der Waals surface area contributed by atoms with Crippen molar-refractivity contribution in [3.8, 4) is 5.75 Å². The Hall–Kier alpha value is -1.10. The third-order valence-electron chi connectivity index (χ3n) is 6.31. The normalized spacial score (nSPS) is 18.5. The second-order valence-corrected chi connectivity index (χ2v) is 8.91. The molecular formula is C25H44IN5O2. The highest BCUT2D eigenvalue weighted by Crippen LogP contribution is 2.19. The van der Waals surface area contributed by atoms with Gasteiger partial charge in [-0.2, -0.15) is 0 Å². The molecule has 0 spiro atoms. The van der Waals surface area contributed by atoms with Gasteiger partial charge in [-0.3, -0.25) is 4.90 Å². The molecule has 0 unspecified atom stereocenters. The SMILES string of the molecule is CCNC(=NCc1ccccc1OCCN1CCOCC1)NCCCN1CCC(C)CC1.I. The van der Waals surface area contributed by atoms with Gasteiger partial charge in [-0.05, 0) is 57.8 Å². The van der Waals surface area contributed by atoms with E-state index in [0.717, 1.165) is 75.5 Å². The summed E-state index contributed by atoms with van der Waals surface area (Å²) in [4.78, 5) is 9.79. The highest BCUT2D eigenvalue weighted by molar-refractivity contribution is 14.0. The largest absolute Gasteiger partial charge is 0.492 e. The molecule has 2 N–H and O–H groups in total. The van der Waals surface area contributed by atoms with Gasteiger partial charge in [-0.25, -0.2) is 4.99 Å². The van der Waals surface area contributed by atoms with Crippen LogP contribution in [0.15, 0.2) is 29.3 Å². The number of guanidine groups is 1. The van der Waals surface area contributed by atoms with Gasteiger partial charge >= 0.3 is 0 Å². The maximum Gasteiger partial charge on any atom is 0.191 e. The van der Waals surface area contributed by atoms with Crippen LogP contribution in [-0.2, 0) is 11.3 Å². The number of piperidine rings is 1. The van der Waals surface area contributed by atoms with Crippen molar-refractivity contribution in [1.29, 1.82) is 0 Å². The van der Waals surface area contributed by atoms with Crippen LogP contribution in [0.5, 0.6) is 5.75 Å². The Kier molecular flexibility index (Phi) is 14.1. The monoisotopic (exact) mass is 573 g/mol. The van der Waals surface area contributed by atoms with E-state index >= 15 is 0 Å². The molecule has 7 nitrogen and oxygen atoms in total. The summed E-state index contributed by atoms with van der Waals surface area (Å²) in [6.07, 6.45) is 3.82. The Labute approximate surface area is 217 Å². The number of likely N-dealkylation sites (tertiary alicyclic amines) is 1. The molecule has 1 aromatic carbocycles. The molecule has 1 aromatic rings. The van der Waals surface area contributed by atoms with Gasteiger partial charge in [-0.15, -0.1) is 24.0 Å². The minimum atomic E-state index is 0. The van der Waals surface area contributed by atoms with Crippen LogP contribution in [0.1, 0.15) is 38.7 Å². The molecule has 0 aliphatic carbocycles. The average molecular weight is 574 g/mol. The van der Waals surface area contributed by atoms with E-state index in [2.05, 4.69) is 46.4 Å². The van der Waals surface area contributed by atoms with Crippen molar-refractivity contribution in [2.75, 3.05) is 72.2 Å². The predicted molar refractivity (Wildman–Crippen MR) is 147 cm³/mol. The maximum atomic E-state index is 6.11. The molecule has 188 valence electrons. The fourth-order valence-electron chi connectivity index (χ4n) is 4.19. The molecule has 0 aromatic heterocycles. The minimum Gasteiger partial charge on any atom is -0.492 e. The summed E-state index contributed by atoms with van der Waals surface area (Å²) in [6.45, 7) is 15.8. The number of para-hydroxylation sites is 1. The first-order valence-corrected chi connectivity index (χ1v) is 12.5. The van der Waals surface area contributed by atoms with Crippen LogP contribution in [0.25, 0.3) is 0 Å². The van der Waals surface area contributed by atoms with Gasteiger partial charge in [-0.1, -0.05) is 25.1 Å². The zero-order valence-corrected chi connectivity index (χ0v) is 22.9. The van der Waals surface area contributed by atoms with E-state index in [-0.39, 0.29) is 24.0 Å². The van der Waals surface area contributed by atoms with Gasteiger partial charge in [0, 0.05) is 38.3 Å². The van der Waals surface area contributed by atoms with Crippen molar-refractivity contribution < 1.29 is 9.47 Å². The Balaban J connectivity index is 0.00000385. The van der Waals surface area contributed by atoms with Crippen molar-refractivity contribution in [3.63, 3.8) is 0 Å². The molecule has 0 saturated carbocycles. The summed E-state index contributed by atoms with van der Waals surface area (Å²) < 4.78 is 11.5. The summed E-state index contributed by atoms with van der Waals surface area (Å²) in [5.41, 5.74) is 1.12. The number of ether oxygens (including phenoxy) is 2. The molecule has 2 aliphatic rings. The highest BCUT2D eigenvalue weighted by atomic mass is 127. The van der Waals surface area contributed by atoms with Crippen LogP contribution in [0, 0.1) is 5.92 Å². The quantitative estimate of drug-likeness (QED) is 0.184. The number of aliphatic imine (C=N–C) groups is 1. The van der Waals surface area contributed by atoms with E-state index in [1.807, 2.05) is 12.1 Å². The Morgan fingerprint density at radius 3 is 2.55 bits per heavy atom. The molecule has 0 bridgehead atoms. The van der Waals surface area contributed by atoms with E-state index in [1.165, 1.54) is 32.5 Å². The smallest absolute Gasteiger partial charge is 0.191 e. The standard InChI is InChI=1S/C25H43N5O2.HI/c1-3-26-25(27-11-6-12-29-13-9-22(2)10-14-29)28-21-23-7-4-5-8-24(23)32-20-17-30-15-18-31-19-16-30;/h4-5,7-8,22H,3,6,9-21H2,1-2H3,(H2,26,27,28);1H. The van der Waals surface area contributed by atoms with Crippen molar-refractivity contribution in [1.82, 2.24) is 20.4 Å². The van der Waals surface area contributed by atoms with Gasteiger partial charge in [0.1, 0.15) is 12.4 Å². The zero-order valence-electron chi connectivity index (χ0n) is 20.6. The van der Waals surface area contributed by atoms with E-state index < -0.39 is 0 Å². The second-order valence-electron chi connectivity index (χ2n) is 8.91. The number of morpholine rings is 1. The van der Waals surface area contributed by atoms with E-state index in [0.29, 0.717) is 13.2 Å². The summed E-state index contributed by atoms with van der Waals surface area (Å²) in [6, 6.07) is 8.24. The summed E-state index contributed by atoms with van der Waals surface area (Å²) >= 11 is 0. The van der Waals surface area contributed by atoms with Crippen LogP contribution in [-0.4, -0.2) is 87.9 Å². The molecule has 2 heterocycles. The number of halogens is 1. The number of rotatable bonds is 11. The van der Waals surface area contributed by atoms with Crippen LogP contribution < -0.4 is 15.4 Å². The second kappa shape index (κ2) is 16.5. The lowest BCUT2D eigenvalue weighted by atomic mass is 9.99. The molecule has 2 saturated heterocycles. The number of hydrogen-bond donors (Lipinski definition) is 2. The maximum absolute atomic E-state index is 6.11. The first-order valence-electron chi connectivity index (χ1n) is 12.5. The van der Waals surface area contributed by atoms with Gasteiger partial charge < -0.3 is 25.0 Å². The molecule has 0 radical (unpaired) electrons. The molecule has 0 atom stereocenters. The van der Waals surface area contributed by atoms with Crippen LogP contribution in [0.4, 0.5) is 0 Å². The lowest BCUT2D eigenvalue weighted by Crippen LogP contribution is -2.39.